The zero-order chi connectivity index (χ0) is 18.6. The van der Waals surface area contributed by atoms with E-state index in [9.17, 15) is 4.79 Å². The van der Waals surface area contributed by atoms with E-state index in [1.54, 1.807) is 6.20 Å². The molecule has 0 spiro atoms. The van der Waals surface area contributed by atoms with Gasteiger partial charge in [0.1, 0.15) is 0 Å². The fourth-order valence-electron chi connectivity index (χ4n) is 3.89. The molecule has 0 aromatic carbocycles. The molecule has 0 aliphatic carbocycles. The standard InChI is InChI=1S/C18H27N7OS/c1-13-3-2-8-24(9-13)10-14-12-27-18(20-14)21-17(26)16-11-25(23-22-16)15-4-6-19-7-5-15/h11-13,15,19H,2-10H2,1H3,(H,20,21,26). The van der Waals surface area contributed by atoms with Crippen LogP contribution in [0.25, 0.3) is 0 Å². The highest BCUT2D eigenvalue weighted by atomic mass is 32.1. The van der Waals surface area contributed by atoms with E-state index in [2.05, 4.69) is 37.8 Å². The molecule has 2 aromatic heterocycles. The highest BCUT2D eigenvalue weighted by molar-refractivity contribution is 7.13. The molecule has 9 heteroatoms. The molecule has 2 N–H and O–H groups in total. The van der Waals surface area contributed by atoms with Crippen LogP contribution in [0.3, 0.4) is 0 Å². The number of carbonyl (C=O) groups excluding carboxylic acids is 1. The van der Waals surface area contributed by atoms with E-state index >= 15 is 0 Å². The maximum atomic E-state index is 12.5. The monoisotopic (exact) mass is 389 g/mol. The van der Waals surface area contributed by atoms with Gasteiger partial charge in [-0.05, 0) is 51.2 Å². The molecule has 1 unspecified atom stereocenters. The summed E-state index contributed by atoms with van der Waals surface area (Å²) in [6, 6.07) is 0.318. The van der Waals surface area contributed by atoms with Crippen molar-refractivity contribution in [2.75, 3.05) is 31.5 Å². The summed E-state index contributed by atoms with van der Waals surface area (Å²) in [5.41, 5.74) is 1.36. The summed E-state index contributed by atoms with van der Waals surface area (Å²) in [6.45, 7) is 7.36. The number of carbonyl (C=O) groups is 1. The van der Waals surface area contributed by atoms with Crippen molar-refractivity contribution in [3.05, 3.63) is 23.0 Å². The summed E-state index contributed by atoms with van der Waals surface area (Å²) in [5.74, 6) is 0.502. The van der Waals surface area contributed by atoms with Gasteiger partial charge in [0.05, 0.1) is 17.9 Å². The van der Waals surface area contributed by atoms with Gasteiger partial charge in [0, 0.05) is 18.5 Å². The molecule has 1 amide bonds. The van der Waals surface area contributed by atoms with Gasteiger partial charge in [0.2, 0.25) is 0 Å². The Kier molecular flexibility index (Phi) is 5.80. The van der Waals surface area contributed by atoms with Crippen LogP contribution in [-0.2, 0) is 6.54 Å². The van der Waals surface area contributed by atoms with Crippen molar-refractivity contribution in [2.45, 2.75) is 45.2 Å². The predicted molar refractivity (Wildman–Crippen MR) is 105 cm³/mol. The fourth-order valence-corrected chi connectivity index (χ4v) is 4.58. The van der Waals surface area contributed by atoms with E-state index in [1.807, 2.05) is 10.1 Å². The summed E-state index contributed by atoms with van der Waals surface area (Å²) < 4.78 is 1.82. The molecule has 0 radical (unpaired) electrons. The number of rotatable bonds is 5. The molecule has 146 valence electrons. The molecule has 4 heterocycles. The van der Waals surface area contributed by atoms with Crippen molar-refractivity contribution in [3.8, 4) is 0 Å². The van der Waals surface area contributed by atoms with Gasteiger partial charge in [-0.3, -0.25) is 15.0 Å². The number of piperidine rings is 2. The first-order valence-electron chi connectivity index (χ1n) is 9.78. The van der Waals surface area contributed by atoms with Crippen LogP contribution in [0.1, 0.15) is 54.8 Å². The Balaban J connectivity index is 1.33. The van der Waals surface area contributed by atoms with Gasteiger partial charge in [-0.2, -0.15) is 0 Å². The summed E-state index contributed by atoms with van der Waals surface area (Å²) in [7, 11) is 0. The average Bonchev–Trinajstić information content (AvgIpc) is 3.32. The summed E-state index contributed by atoms with van der Waals surface area (Å²) in [6.07, 6.45) is 6.33. The zero-order valence-electron chi connectivity index (χ0n) is 15.7. The highest BCUT2D eigenvalue weighted by Crippen LogP contribution is 2.22. The third kappa shape index (κ3) is 4.72. The van der Waals surface area contributed by atoms with Crippen LogP contribution in [0.2, 0.25) is 0 Å². The first kappa shape index (κ1) is 18.5. The second kappa shape index (κ2) is 8.45. The lowest BCUT2D eigenvalue weighted by molar-refractivity contribution is 0.102. The van der Waals surface area contributed by atoms with Crippen LogP contribution in [0.5, 0.6) is 0 Å². The van der Waals surface area contributed by atoms with E-state index in [4.69, 9.17) is 0 Å². The first-order valence-corrected chi connectivity index (χ1v) is 10.7. The molecule has 8 nitrogen and oxygen atoms in total. The van der Waals surface area contributed by atoms with Crippen LogP contribution in [0, 0.1) is 5.92 Å². The normalized spacial score (nSPS) is 22.0. The second-order valence-corrected chi connectivity index (χ2v) is 8.50. The minimum absolute atomic E-state index is 0.248. The Hall–Kier alpha value is -1.84. The lowest BCUT2D eigenvalue weighted by atomic mass is 10.0. The van der Waals surface area contributed by atoms with Crippen molar-refractivity contribution >= 4 is 22.4 Å². The highest BCUT2D eigenvalue weighted by Gasteiger charge is 2.20. The van der Waals surface area contributed by atoms with E-state index in [0.717, 1.165) is 57.2 Å². The molecule has 2 saturated heterocycles. The fraction of sp³-hybridized carbons (Fsp3) is 0.667. The largest absolute Gasteiger partial charge is 0.317 e. The quantitative estimate of drug-likeness (QED) is 0.815. The topological polar surface area (TPSA) is 88.0 Å². The number of anilines is 1. The smallest absolute Gasteiger partial charge is 0.279 e. The molecular weight excluding hydrogens is 362 g/mol. The molecule has 2 aromatic rings. The van der Waals surface area contributed by atoms with Crippen LogP contribution in [-0.4, -0.2) is 57.0 Å². The Morgan fingerprint density at radius 3 is 3.04 bits per heavy atom. The molecule has 0 saturated carbocycles. The minimum Gasteiger partial charge on any atom is -0.317 e. The number of hydrogen-bond acceptors (Lipinski definition) is 7. The Bertz CT molecular complexity index is 767. The van der Waals surface area contributed by atoms with Gasteiger partial charge in [-0.15, -0.1) is 16.4 Å². The molecule has 2 fully saturated rings. The van der Waals surface area contributed by atoms with Crippen LogP contribution in [0.15, 0.2) is 11.6 Å². The molecule has 2 aliphatic heterocycles. The first-order chi connectivity index (χ1) is 13.2. The lowest BCUT2D eigenvalue weighted by Crippen LogP contribution is -2.33. The van der Waals surface area contributed by atoms with Crippen molar-refractivity contribution in [3.63, 3.8) is 0 Å². The lowest BCUT2D eigenvalue weighted by Gasteiger charge is -2.30. The third-order valence-corrected chi connectivity index (χ3v) is 6.13. The van der Waals surface area contributed by atoms with E-state index < -0.39 is 0 Å². The summed E-state index contributed by atoms with van der Waals surface area (Å²) in [5, 5.41) is 17.0. The summed E-state index contributed by atoms with van der Waals surface area (Å²) in [4.78, 5) is 19.5. The van der Waals surface area contributed by atoms with E-state index in [0.29, 0.717) is 16.9 Å². The van der Waals surface area contributed by atoms with Gasteiger partial charge < -0.3 is 5.32 Å². The maximum absolute atomic E-state index is 12.5. The van der Waals surface area contributed by atoms with Crippen LogP contribution < -0.4 is 10.6 Å². The maximum Gasteiger partial charge on any atom is 0.279 e. The predicted octanol–water partition coefficient (Wildman–Crippen LogP) is 2.14. The van der Waals surface area contributed by atoms with Crippen molar-refractivity contribution in [1.82, 2.24) is 30.2 Å². The SMILES string of the molecule is CC1CCCN(Cc2csc(NC(=O)c3cn(C4CCNCC4)nn3)n2)C1. The number of hydrogen-bond donors (Lipinski definition) is 2. The van der Waals surface area contributed by atoms with Gasteiger partial charge in [-0.25, -0.2) is 9.67 Å². The molecule has 0 bridgehead atoms. The van der Waals surface area contributed by atoms with Gasteiger partial charge in [0.15, 0.2) is 10.8 Å². The van der Waals surface area contributed by atoms with E-state index in [-0.39, 0.29) is 5.91 Å². The second-order valence-electron chi connectivity index (χ2n) is 7.65. The van der Waals surface area contributed by atoms with E-state index in [1.165, 1.54) is 24.2 Å². The molecule has 27 heavy (non-hydrogen) atoms. The molecule has 4 rings (SSSR count). The number of aromatic nitrogens is 4. The Morgan fingerprint density at radius 2 is 2.22 bits per heavy atom. The minimum atomic E-state index is -0.248. The molecule has 2 aliphatic rings. The van der Waals surface area contributed by atoms with Crippen LogP contribution >= 0.6 is 11.3 Å². The number of nitrogens with zero attached hydrogens (tertiary/aromatic N) is 5. The van der Waals surface area contributed by atoms with Crippen molar-refractivity contribution in [1.29, 1.82) is 0 Å². The van der Waals surface area contributed by atoms with Crippen LogP contribution in [0.4, 0.5) is 5.13 Å². The number of nitrogens with one attached hydrogen (secondary N) is 2. The van der Waals surface area contributed by atoms with Gasteiger partial charge >= 0.3 is 0 Å². The number of thiazole rings is 1. The van der Waals surface area contributed by atoms with Crippen molar-refractivity contribution in [2.24, 2.45) is 5.92 Å². The number of amides is 1. The Morgan fingerprint density at radius 1 is 1.37 bits per heavy atom. The Labute approximate surface area is 163 Å². The average molecular weight is 390 g/mol. The third-order valence-electron chi connectivity index (χ3n) is 5.32. The number of likely N-dealkylation sites (tertiary alicyclic amines) is 1. The van der Waals surface area contributed by atoms with Gasteiger partial charge in [0.25, 0.3) is 5.91 Å². The summed E-state index contributed by atoms with van der Waals surface area (Å²) >= 11 is 1.46. The van der Waals surface area contributed by atoms with Crippen molar-refractivity contribution < 1.29 is 4.79 Å². The molecule has 1 atom stereocenters. The van der Waals surface area contributed by atoms with Gasteiger partial charge in [-0.1, -0.05) is 12.1 Å². The zero-order valence-corrected chi connectivity index (χ0v) is 16.5. The molecular formula is C18H27N7OS.